The Bertz CT molecular complexity index is 627. The molecule has 2 aliphatic rings. The second-order valence-electron chi connectivity index (χ2n) is 7.64. The second kappa shape index (κ2) is 11.9. The van der Waals surface area contributed by atoms with Crippen LogP contribution in [-0.4, -0.2) is 88.1 Å². The summed E-state index contributed by atoms with van der Waals surface area (Å²) in [6.45, 7) is 10.9. The highest BCUT2D eigenvalue weighted by atomic mass is 16.5. The molecule has 0 spiro atoms. The fourth-order valence-corrected chi connectivity index (χ4v) is 3.45. The molecule has 2 saturated heterocycles. The first-order chi connectivity index (χ1) is 14.2. The number of aromatic nitrogens is 1. The van der Waals surface area contributed by atoms with Crippen molar-refractivity contribution in [1.82, 2.24) is 20.5 Å². The fourth-order valence-electron chi connectivity index (χ4n) is 3.45. The van der Waals surface area contributed by atoms with E-state index in [9.17, 15) is 0 Å². The van der Waals surface area contributed by atoms with Crippen molar-refractivity contribution in [2.24, 2.45) is 4.99 Å². The maximum absolute atomic E-state index is 5.81. The molecule has 1 aromatic heterocycles. The Labute approximate surface area is 174 Å². The number of rotatable bonds is 9. The quantitative estimate of drug-likeness (QED) is 0.362. The zero-order valence-electron chi connectivity index (χ0n) is 17.9. The lowest BCUT2D eigenvalue weighted by atomic mass is 10.2. The number of hydrogen-bond acceptors (Lipinski definition) is 6. The largest absolute Gasteiger partial charge is 0.379 e. The van der Waals surface area contributed by atoms with E-state index in [1.54, 1.807) is 0 Å². The molecule has 3 heterocycles. The molecule has 2 fully saturated rings. The number of nitrogens with one attached hydrogen (secondary N) is 2. The summed E-state index contributed by atoms with van der Waals surface area (Å²) < 4.78 is 11.1. The van der Waals surface area contributed by atoms with Gasteiger partial charge in [-0.1, -0.05) is 0 Å². The molecule has 2 N–H and O–H groups in total. The Morgan fingerprint density at radius 2 is 2.17 bits per heavy atom. The Morgan fingerprint density at radius 1 is 1.31 bits per heavy atom. The van der Waals surface area contributed by atoms with Gasteiger partial charge in [0.05, 0.1) is 19.3 Å². The molecule has 0 amide bonds. The normalized spacial score (nSPS) is 20.8. The van der Waals surface area contributed by atoms with Crippen molar-refractivity contribution in [2.75, 3.05) is 71.0 Å². The van der Waals surface area contributed by atoms with Crippen molar-refractivity contribution in [1.29, 1.82) is 0 Å². The minimum absolute atomic E-state index is 0.276. The molecule has 162 valence electrons. The van der Waals surface area contributed by atoms with Crippen LogP contribution in [0.25, 0.3) is 0 Å². The lowest BCUT2D eigenvalue weighted by Crippen LogP contribution is -2.44. The zero-order chi connectivity index (χ0) is 20.3. The first kappa shape index (κ1) is 21.8. The van der Waals surface area contributed by atoms with Crippen molar-refractivity contribution in [3.05, 3.63) is 23.9 Å². The van der Waals surface area contributed by atoms with Gasteiger partial charge in [0.25, 0.3) is 0 Å². The van der Waals surface area contributed by atoms with E-state index in [1.165, 1.54) is 5.56 Å². The molecule has 0 aromatic carbocycles. The van der Waals surface area contributed by atoms with E-state index in [0.29, 0.717) is 6.54 Å². The summed E-state index contributed by atoms with van der Waals surface area (Å²) in [5.41, 5.74) is 1.18. The third-order valence-electron chi connectivity index (χ3n) is 5.26. The summed E-state index contributed by atoms with van der Waals surface area (Å²) in [4.78, 5) is 14.0. The highest BCUT2D eigenvalue weighted by Crippen LogP contribution is 2.15. The van der Waals surface area contributed by atoms with Crippen molar-refractivity contribution >= 4 is 11.8 Å². The van der Waals surface area contributed by atoms with Crippen LogP contribution in [0.5, 0.6) is 0 Å². The lowest BCUT2D eigenvalue weighted by Gasteiger charge is -2.33. The van der Waals surface area contributed by atoms with Crippen LogP contribution in [0, 0.1) is 0 Å². The first-order valence-corrected chi connectivity index (χ1v) is 10.8. The van der Waals surface area contributed by atoms with Gasteiger partial charge in [-0.2, -0.15) is 0 Å². The van der Waals surface area contributed by atoms with Gasteiger partial charge in [0, 0.05) is 58.7 Å². The van der Waals surface area contributed by atoms with Crippen molar-refractivity contribution in [3.63, 3.8) is 0 Å². The van der Waals surface area contributed by atoms with Crippen LogP contribution in [0.4, 0.5) is 5.82 Å². The second-order valence-corrected chi connectivity index (χ2v) is 7.64. The zero-order valence-corrected chi connectivity index (χ0v) is 17.9. The van der Waals surface area contributed by atoms with Crippen LogP contribution in [0.2, 0.25) is 0 Å². The molecular formula is C21H36N6O2. The molecule has 2 aliphatic heterocycles. The van der Waals surface area contributed by atoms with Gasteiger partial charge in [-0.05, 0) is 44.5 Å². The highest BCUT2D eigenvalue weighted by Gasteiger charge is 2.16. The van der Waals surface area contributed by atoms with E-state index in [4.69, 9.17) is 14.5 Å². The first-order valence-electron chi connectivity index (χ1n) is 10.8. The third-order valence-corrected chi connectivity index (χ3v) is 5.26. The molecule has 1 atom stereocenters. The smallest absolute Gasteiger partial charge is 0.191 e. The predicted molar refractivity (Wildman–Crippen MR) is 117 cm³/mol. The molecule has 0 radical (unpaired) electrons. The van der Waals surface area contributed by atoms with E-state index in [1.807, 2.05) is 12.3 Å². The SMILES string of the molecule is CCNC(=NCc1ccnc(N2CCN(C)CC2)c1)NCCCOC1CCOC1. The van der Waals surface area contributed by atoms with E-state index in [-0.39, 0.29) is 6.10 Å². The Kier molecular flexibility index (Phi) is 8.98. The molecule has 0 aliphatic carbocycles. The number of aliphatic imine (C=N–C) groups is 1. The summed E-state index contributed by atoms with van der Waals surface area (Å²) in [7, 11) is 2.17. The number of ether oxygens (including phenoxy) is 2. The number of pyridine rings is 1. The third kappa shape index (κ3) is 7.45. The van der Waals surface area contributed by atoms with Gasteiger partial charge in [0.2, 0.25) is 0 Å². The molecule has 8 heteroatoms. The monoisotopic (exact) mass is 404 g/mol. The topological polar surface area (TPSA) is 74.3 Å². The predicted octanol–water partition coefficient (Wildman–Crippen LogP) is 1.08. The van der Waals surface area contributed by atoms with E-state index in [0.717, 1.165) is 83.7 Å². The highest BCUT2D eigenvalue weighted by molar-refractivity contribution is 5.79. The summed E-state index contributed by atoms with van der Waals surface area (Å²) in [5.74, 6) is 1.89. The molecule has 29 heavy (non-hydrogen) atoms. The van der Waals surface area contributed by atoms with Gasteiger partial charge in [-0.15, -0.1) is 0 Å². The number of guanidine groups is 1. The van der Waals surface area contributed by atoms with Crippen molar-refractivity contribution in [2.45, 2.75) is 32.4 Å². The lowest BCUT2D eigenvalue weighted by molar-refractivity contribution is 0.0420. The van der Waals surface area contributed by atoms with Crippen LogP contribution in [-0.2, 0) is 16.0 Å². The van der Waals surface area contributed by atoms with Crippen LogP contribution >= 0.6 is 0 Å². The Morgan fingerprint density at radius 3 is 2.93 bits per heavy atom. The average Bonchev–Trinajstić information content (AvgIpc) is 3.26. The minimum Gasteiger partial charge on any atom is -0.379 e. The van der Waals surface area contributed by atoms with E-state index in [2.05, 4.69) is 45.5 Å². The molecule has 1 unspecified atom stereocenters. The van der Waals surface area contributed by atoms with E-state index < -0.39 is 0 Å². The Hall–Kier alpha value is -1.90. The van der Waals surface area contributed by atoms with Crippen LogP contribution < -0.4 is 15.5 Å². The standard InChI is InChI=1S/C21H36N6O2/c1-3-22-21(24-7-4-13-29-19-6-14-28-17-19)25-16-18-5-8-23-20(15-18)27-11-9-26(2)10-12-27/h5,8,15,19H,3-4,6-7,9-14,16-17H2,1-2H3,(H2,22,24,25). The molecule has 1 aromatic rings. The van der Waals surface area contributed by atoms with Gasteiger partial charge in [-0.3, -0.25) is 0 Å². The minimum atomic E-state index is 0.276. The summed E-state index contributed by atoms with van der Waals surface area (Å²) in [6, 6.07) is 4.21. The molecule has 0 bridgehead atoms. The van der Waals surface area contributed by atoms with Gasteiger partial charge >= 0.3 is 0 Å². The summed E-state index contributed by atoms with van der Waals surface area (Å²) in [6.07, 6.45) is 4.13. The van der Waals surface area contributed by atoms with Gasteiger partial charge < -0.3 is 29.9 Å². The molecule has 3 rings (SSSR count). The Balaban J connectivity index is 1.44. The van der Waals surface area contributed by atoms with Gasteiger partial charge in [0.1, 0.15) is 5.82 Å². The van der Waals surface area contributed by atoms with Crippen LogP contribution in [0.15, 0.2) is 23.3 Å². The number of nitrogens with zero attached hydrogens (tertiary/aromatic N) is 4. The maximum atomic E-state index is 5.81. The number of hydrogen-bond donors (Lipinski definition) is 2. The molecule has 8 nitrogen and oxygen atoms in total. The van der Waals surface area contributed by atoms with E-state index >= 15 is 0 Å². The van der Waals surface area contributed by atoms with Gasteiger partial charge in [-0.25, -0.2) is 9.98 Å². The summed E-state index contributed by atoms with van der Waals surface area (Å²) in [5, 5.41) is 6.71. The number of piperazine rings is 1. The summed E-state index contributed by atoms with van der Waals surface area (Å²) >= 11 is 0. The van der Waals surface area contributed by atoms with Crippen molar-refractivity contribution < 1.29 is 9.47 Å². The van der Waals surface area contributed by atoms with Gasteiger partial charge in [0.15, 0.2) is 5.96 Å². The maximum Gasteiger partial charge on any atom is 0.191 e. The number of anilines is 1. The van der Waals surface area contributed by atoms with Crippen molar-refractivity contribution in [3.8, 4) is 0 Å². The fraction of sp³-hybridized carbons (Fsp3) is 0.714. The number of likely N-dealkylation sites (N-methyl/N-ethyl adjacent to an activating group) is 1. The van der Waals surface area contributed by atoms with Crippen LogP contribution in [0.3, 0.4) is 0 Å². The van der Waals surface area contributed by atoms with Crippen LogP contribution in [0.1, 0.15) is 25.3 Å². The molecule has 0 saturated carbocycles. The average molecular weight is 405 g/mol. The molecular weight excluding hydrogens is 368 g/mol.